The zero-order valence-electron chi connectivity index (χ0n) is 15.0. The van der Waals surface area contributed by atoms with Crippen molar-refractivity contribution in [3.63, 3.8) is 0 Å². The van der Waals surface area contributed by atoms with E-state index in [0.29, 0.717) is 24.1 Å². The Morgan fingerprint density at radius 1 is 1.36 bits per heavy atom. The topological polar surface area (TPSA) is 62.2 Å². The standard InChI is InChI=1S/C19H26BrNO4/c1-21-5-4-19-9-14(22)15(24-2)7-11(19)13(21)6-10-12(20)8-16(25-3)18(23)17(10)19/h8,11,13-15,22-23H,4-7,9H2,1-3H3/t11-,13+,14+,15?,19-/m1/s1. The largest absolute Gasteiger partial charge is 0.504 e. The summed E-state index contributed by atoms with van der Waals surface area (Å²) in [6.07, 6.45) is 2.62. The van der Waals surface area contributed by atoms with Gasteiger partial charge in [-0.3, -0.25) is 0 Å². The predicted octanol–water partition coefficient (Wildman–Crippen LogP) is 2.45. The summed E-state index contributed by atoms with van der Waals surface area (Å²) >= 11 is 3.69. The molecule has 5 nitrogen and oxygen atoms in total. The quantitative estimate of drug-likeness (QED) is 0.782. The van der Waals surface area contributed by atoms with E-state index in [4.69, 9.17) is 9.47 Å². The third kappa shape index (κ3) is 2.37. The summed E-state index contributed by atoms with van der Waals surface area (Å²) < 4.78 is 12.0. The van der Waals surface area contributed by atoms with Crippen LogP contribution in [0.3, 0.4) is 0 Å². The number of ether oxygens (including phenoxy) is 2. The van der Waals surface area contributed by atoms with Crippen LogP contribution in [0.5, 0.6) is 11.5 Å². The lowest BCUT2D eigenvalue weighted by molar-refractivity contribution is -0.114. The molecule has 25 heavy (non-hydrogen) atoms. The molecule has 0 amide bonds. The SMILES string of the molecule is COc1cc(Br)c2c(c1O)[C@@]13CCN(C)[C@@H](C2)[C@H]1CC(OC)[C@@H](O)C3. The summed E-state index contributed by atoms with van der Waals surface area (Å²) in [6.45, 7) is 0.971. The highest BCUT2D eigenvalue weighted by Crippen LogP contribution is 2.60. The van der Waals surface area contributed by atoms with Crippen LogP contribution in [0.4, 0.5) is 0 Å². The number of methoxy groups -OCH3 is 2. The molecule has 138 valence electrons. The number of likely N-dealkylation sites (tertiary alicyclic amines) is 1. The molecule has 0 aromatic heterocycles. The van der Waals surface area contributed by atoms with E-state index in [-0.39, 0.29) is 17.3 Å². The van der Waals surface area contributed by atoms with E-state index in [9.17, 15) is 10.2 Å². The second-order valence-electron chi connectivity index (χ2n) is 7.81. The summed E-state index contributed by atoms with van der Waals surface area (Å²) in [4.78, 5) is 2.43. The Kier molecular flexibility index (Phi) is 4.30. The molecule has 0 spiro atoms. The number of aliphatic hydroxyl groups excluding tert-OH is 1. The molecule has 5 atom stereocenters. The number of nitrogens with zero attached hydrogens (tertiary/aromatic N) is 1. The Balaban J connectivity index is 1.94. The van der Waals surface area contributed by atoms with Gasteiger partial charge in [-0.15, -0.1) is 0 Å². The fourth-order valence-corrected chi connectivity index (χ4v) is 6.24. The number of phenolic OH excluding ortho intramolecular Hbond substituents is 1. The molecule has 2 fully saturated rings. The maximum atomic E-state index is 11.0. The molecule has 1 aromatic carbocycles. The van der Waals surface area contributed by atoms with Crippen molar-refractivity contribution in [1.82, 2.24) is 4.90 Å². The second kappa shape index (κ2) is 6.12. The summed E-state index contributed by atoms with van der Waals surface area (Å²) in [5.74, 6) is 1.10. The van der Waals surface area contributed by atoms with Gasteiger partial charge in [-0.05, 0) is 56.8 Å². The minimum absolute atomic E-state index is 0.134. The Bertz CT molecular complexity index is 696. The van der Waals surface area contributed by atoms with Gasteiger partial charge in [0.2, 0.25) is 0 Å². The Morgan fingerprint density at radius 3 is 2.80 bits per heavy atom. The molecule has 1 heterocycles. The number of aliphatic hydroxyl groups is 1. The minimum Gasteiger partial charge on any atom is -0.504 e. The summed E-state index contributed by atoms with van der Waals surface area (Å²) in [5.41, 5.74) is 1.93. The number of piperidine rings is 1. The predicted molar refractivity (Wildman–Crippen MR) is 98.3 cm³/mol. The highest BCUT2D eigenvalue weighted by Gasteiger charge is 2.58. The smallest absolute Gasteiger partial charge is 0.161 e. The van der Waals surface area contributed by atoms with Gasteiger partial charge in [-0.1, -0.05) is 15.9 Å². The second-order valence-corrected chi connectivity index (χ2v) is 8.66. The van der Waals surface area contributed by atoms with Crippen molar-refractivity contribution >= 4 is 15.9 Å². The fraction of sp³-hybridized carbons (Fsp3) is 0.684. The van der Waals surface area contributed by atoms with Crippen molar-refractivity contribution in [2.75, 3.05) is 27.8 Å². The molecule has 2 bridgehead atoms. The van der Waals surface area contributed by atoms with E-state index in [2.05, 4.69) is 27.9 Å². The summed E-state index contributed by atoms with van der Waals surface area (Å²) in [5, 5.41) is 21.7. The molecule has 1 saturated carbocycles. The van der Waals surface area contributed by atoms with Crippen LogP contribution in [-0.2, 0) is 16.6 Å². The van der Waals surface area contributed by atoms with Gasteiger partial charge in [-0.25, -0.2) is 0 Å². The average Bonchev–Trinajstić information content (AvgIpc) is 2.59. The number of rotatable bonds is 2. The van der Waals surface area contributed by atoms with E-state index in [1.54, 1.807) is 14.2 Å². The van der Waals surface area contributed by atoms with E-state index in [1.165, 1.54) is 0 Å². The number of aromatic hydroxyl groups is 1. The number of benzene rings is 1. The van der Waals surface area contributed by atoms with Crippen molar-refractivity contribution in [2.24, 2.45) is 5.92 Å². The van der Waals surface area contributed by atoms with E-state index >= 15 is 0 Å². The zero-order valence-corrected chi connectivity index (χ0v) is 16.5. The van der Waals surface area contributed by atoms with Gasteiger partial charge in [0.05, 0.1) is 19.3 Å². The Labute approximate surface area is 157 Å². The third-order valence-electron chi connectivity index (χ3n) is 6.89. The Morgan fingerprint density at radius 2 is 2.12 bits per heavy atom. The monoisotopic (exact) mass is 411 g/mol. The van der Waals surface area contributed by atoms with E-state index in [0.717, 1.165) is 41.4 Å². The highest BCUT2D eigenvalue weighted by molar-refractivity contribution is 9.10. The number of fused-ring (bicyclic) bond motifs is 1. The van der Waals surface area contributed by atoms with Crippen LogP contribution in [0.15, 0.2) is 10.5 Å². The van der Waals surface area contributed by atoms with E-state index in [1.807, 2.05) is 6.07 Å². The number of likely N-dealkylation sites (N-methyl/N-ethyl adjacent to an activating group) is 1. The number of halogens is 1. The molecular formula is C19H26BrNO4. The first kappa shape index (κ1) is 17.6. The molecule has 3 aliphatic rings. The van der Waals surface area contributed by atoms with Crippen LogP contribution >= 0.6 is 15.9 Å². The van der Waals surface area contributed by atoms with Crippen LogP contribution in [-0.4, -0.2) is 61.2 Å². The zero-order chi connectivity index (χ0) is 17.9. The van der Waals surface area contributed by atoms with Crippen LogP contribution in [0, 0.1) is 5.92 Å². The lowest BCUT2D eigenvalue weighted by Crippen LogP contribution is -2.63. The molecule has 1 saturated heterocycles. The van der Waals surface area contributed by atoms with Crippen LogP contribution in [0.2, 0.25) is 0 Å². The summed E-state index contributed by atoms with van der Waals surface area (Å²) in [7, 11) is 5.45. The van der Waals surface area contributed by atoms with Crippen molar-refractivity contribution in [3.8, 4) is 11.5 Å². The molecule has 2 aliphatic carbocycles. The molecule has 0 radical (unpaired) electrons. The molecule has 1 unspecified atom stereocenters. The van der Waals surface area contributed by atoms with Crippen molar-refractivity contribution in [1.29, 1.82) is 0 Å². The number of hydrogen-bond acceptors (Lipinski definition) is 5. The normalized spacial score (nSPS) is 37.3. The molecule has 1 aromatic rings. The average molecular weight is 412 g/mol. The lowest BCUT2D eigenvalue weighted by Gasteiger charge is -2.60. The lowest BCUT2D eigenvalue weighted by atomic mass is 9.51. The molecule has 6 heteroatoms. The fourth-order valence-electron chi connectivity index (χ4n) is 5.67. The van der Waals surface area contributed by atoms with Crippen molar-refractivity contribution in [2.45, 2.75) is 49.3 Å². The minimum atomic E-state index is -0.513. The van der Waals surface area contributed by atoms with Crippen LogP contribution < -0.4 is 4.74 Å². The number of phenols is 1. The summed E-state index contributed by atoms with van der Waals surface area (Å²) in [6, 6.07) is 2.26. The van der Waals surface area contributed by atoms with Gasteiger partial charge in [0, 0.05) is 28.6 Å². The van der Waals surface area contributed by atoms with Gasteiger partial charge >= 0.3 is 0 Å². The Hall–Kier alpha value is -0.820. The molecule has 1 aliphatic heterocycles. The van der Waals surface area contributed by atoms with Gasteiger partial charge in [-0.2, -0.15) is 0 Å². The van der Waals surface area contributed by atoms with Gasteiger partial charge < -0.3 is 24.6 Å². The van der Waals surface area contributed by atoms with Crippen LogP contribution in [0.1, 0.15) is 30.4 Å². The van der Waals surface area contributed by atoms with Gasteiger partial charge in [0.25, 0.3) is 0 Å². The van der Waals surface area contributed by atoms with Gasteiger partial charge in [0.15, 0.2) is 11.5 Å². The van der Waals surface area contributed by atoms with Crippen molar-refractivity contribution in [3.05, 3.63) is 21.7 Å². The van der Waals surface area contributed by atoms with Gasteiger partial charge in [0.1, 0.15) is 0 Å². The van der Waals surface area contributed by atoms with E-state index < -0.39 is 6.10 Å². The molecule has 4 rings (SSSR count). The molecular weight excluding hydrogens is 386 g/mol. The first-order valence-corrected chi connectivity index (χ1v) is 9.72. The third-order valence-corrected chi connectivity index (χ3v) is 7.60. The maximum Gasteiger partial charge on any atom is 0.161 e. The highest BCUT2D eigenvalue weighted by atomic mass is 79.9. The number of hydrogen-bond donors (Lipinski definition) is 2. The van der Waals surface area contributed by atoms with Crippen molar-refractivity contribution < 1.29 is 19.7 Å². The first-order valence-electron chi connectivity index (χ1n) is 8.93. The molecule has 2 N–H and O–H groups in total. The van der Waals surface area contributed by atoms with Crippen LogP contribution in [0.25, 0.3) is 0 Å². The maximum absolute atomic E-state index is 11.0. The first-order chi connectivity index (χ1) is 11.9.